The molecular formula is C62H120O17P2. The lowest BCUT2D eigenvalue weighted by atomic mass is 10.0. The summed E-state index contributed by atoms with van der Waals surface area (Å²) in [5.74, 6) is -1.44. The molecule has 17 nitrogen and oxygen atoms in total. The predicted molar refractivity (Wildman–Crippen MR) is 322 cm³/mol. The molecule has 0 aliphatic heterocycles. The van der Waals surface area contributed by atoms with Gasteiger partial charge in [0.05, 0.1) is 26.4 Å². The van der Waals surface area contributed by atoms with Gasteiger partial charge in [0.2, 0.25) is 0 Å². The number of esters is 4. The number of phosphoric acid groups is 2. The van der Waals surface area contributed by atoms with Crippen LogP contribution in [0.15, 0.2) is 0 Å². The van der Waals surface area contributed by atoms with Crippen LogP contribution < -0.4 is 0 Å². The second-order valence-electron chi connectivity index (χ2n) is 22.9. The van der Waals surface area contributed by atoms with Gasteiger partial charge in [0.1, 0.15) is 19.3 Å². The lowest BCUT2D eigenvalue weighted by molar-refractivity contribution is -0.161. The Labute approximate surface area is 492 Å². The van der Waals surface area contributed by atoms with Crippen molar-refractivity contribution in [3.8, 4) is 0 Å². The first-order valence-electron chi connectivity index (χ1n) is 32.6. The van der Waals surface area contributed by atoms with Gasteiger partial charge in [-0.2, -0.15) is 0 Å². The Morgan fingerprint density at radius 3 is 0.840 bits per heavy atom. The van der Waals surface area contributed by atoms with Crippen LogP contribution in [0.25, 0.3) is 0 Å². The molecule has 0 spiro atoms. The molecule has 3 N–H and O–H groups in total. The Morgan fingerprint density at radius 2 is 0.568 bits per heavy atom. The van der Waals surface area contributed by atoms with Crippen molar-refractivity contribution in [2.24, 2.45) is 5.92 Å². The number of hydrogen-bond acceptors (Lipinski definition) is 15. The van der Waals surface area contributed by atoms with E-state index in [4.69, 9.17) is 37.0 Å². The van der Waals surface area contributed by atoms with Crippen LogP contribution in [0.5, 0.6) is 0 Å². The van der Waals surface area contributed by atoms with Crippen LogP contribution >= 0.6 is 15.6 Å². The maximum Gasteiger partial charge on any atom is 0.472 e. The molecule has 5 atom stereocenters. The smallest absolute Gasteiger partial charge is 0.462 e. The number of aliphatic hydroxyl groups is 1. The standard InChI is InChI=1S/C62H120O17P2/c1-6-9-12-15-18-21-23-25-27-32-37-42-47-61(66)78-57(52-73-60(65)46-41-36-31-26-24-22-19-16-13-10-7-2)53-76-80(68,69)74-49-56(63)50-75-81(70,71)77-54-58(51-72-59(64)45-40-35-30-20-17-14-11-8-3)79-62(67)48-43-38-33-28-29-34-39-44-55(4)5/h55-58,63H,6-54H2,1-5H3,(H,68,69)(H,70,71)/t56-,57-,58-/m1/s1. The maximum absolute atomic E-state index is 12.9. The zero-order chi connectivity index (χ0) is 59.9. The summed E-state index contributed by atoms with van der Waals surface area (Å²) in [6.45, 7) is 7.09. The molecule has 0 aromatic rings. The van der Waals surface area contributed by atoms with Crippen molar-refractivity contribution in [2.45, 2.75) is 329 Å². The highest BCUT2D eigenvalue weighted by atomic mass is 31.2. The van der Waals surface area contributed by atoms with E-state index in [0.29, 0.717) is 31.6 Å². The van der Waals surface area contributed by atoms with Crippen molar-refractivity contribution >= 4 is 39.5 Å². The second-order valence-corrected chi connectivity index (χ2v) is 25.8. The van der Waals surface area contributed by atoms with Gasteiger partial charge in [0.25, 0.3) is 0 Å². The number of ether oxygens (including phenoxy) is 4. The number of hydrogen-bond donors (Lipinski definition) is 3. The average molecular weight is 1200 g/mol. The van der Waals surface area contributed by atoms with Crippen LogP contribution in [-0.4, -0.2) is 96.7 Å². The average Bonchev–Trinajstić information content (AvgIpc) is 3.43. The molecule has 0 heterocycles. The van der Waals surface area contributed by atoms with E-state index in [0.717, 1.165) is 96.3 Å². The third-order valence-corrected chi connectivity index (χ3v) is 16.2. The highest BCUT2D eigenvalue weighted by Gasteiger charge is 2.30. The molecule has 0 saturated carbocycles. The molecule has 81 heavy (non-hydrogen) atoms. The van der Waals surface area contributed by atoms with E-state index >= 15 is 0 Å². The lowest BCUT2D eigenvalue weighted by Gasteiger charge is -2.21. The Bertz CT molecular complexity index is 1580. The van der Waals surface area contributed by atoms with E-state index in [1.54, 1.807) is 0 Å². The first kappa shape index (κ1) is 79.1. The number of carbonyl (C=O) groups is 4. The largest absolute Gasteiger partial charge is 0.472 e. The van der Waals surface area contributed by atoms with Crippen LogP contribution in [0.4, 0.5) is 0 Å². The Balaban J connectivity index is 5.23. The SMILES string of the molecule is CCCCCCCCCCCCCCC(=O)O[C@H](COC(=O)CCCCCCCCCCCCC)COP(=O)(O)OC[C@@H](O)COP(=O)(O)OC[C@@H](COC(=O)CCCCCCCCCC)OC(=O)CCCCCCCCCC(C)C. The summed E-state index contributed by atoms with van der Waals surface area (Å²) in [6, 6.07) is 0. The number of rotatable bonds is 62. The van der Waals surface area contributed by atoms with Crippen molar-refractivity contribution in [3.63, 3.8) is 0 Å². The van der Waals surface area contributed by atoms with Crippen molar-refractivity contribution < 1.29 is 80.2 Å². The minimum absolute atomic E-state index is 0.103. The molecule has 2 unspecified atom stereocenters. The van der Waals surface area contributed by atoms with Gasteiger partial charge in [0.15, 0.2) is 12.2 Å². The van der Waals surface area contributed by atoms with Gasteiger partial charge in [0, 0.05) is 25.7 Å². The van der Waals surface area contributed by atoms with Crippen molar-refractivity contribution in [3.05, 3.63) is 0 Å². The van der Waals surface area contributed by atoms with Gasteiger partial charge in [-0.3, -0.25) is 37.3 Å². The van der Waals surface area contributed by atoms with E-state index in [1.165, 1.54) is 128 Å². The highest BCUT2D eigenvalue weighted by molar-refractivity contribution is 7.47. The van der Waals surface area contributed by atoms with Crippen molar-refractivity contribution in [1.82, 2.24) is 0 Å². The van der Waals surface area contributed by atoms with Crippen molar-refractivity contribution in [2.75, 3.05) is 39.6 Å². The fourth-order valence-electron chi connectivity index (χ4n) is 9.23. The van der Waals surface area contributed by atoms with E-state index in [1.807, 2.05) is 0 Å². The van der Waals surface area contributed by atoms with Crippen LogP contribution in [0.2, 0.25) is 0 Å². The summed E-state index contributed by atoms with van der Waals surface area (Å²) in [7, 11) is -9.88. The molecule has 19 heteroatoms. The quantitative estimate of drug-likeness (QED) is 0.0222. The summed E-state index contributed by atoms with van der Waals surface area (Å²) in [6.07, 6.45) is 39.0. The Kier molecular flexibility index (Phi) is 54.6. The molecule has 0 aromatic heterocycles. The third-order valence-electron chi connectivity index (χ3n) is 14.3. The molecule has 0 aliphatic rings. The minimum atomic E-state index is -4.94. The molecule has 0 saturated heterocycles. The van der Waals surface area contributed by atoms with Gasteiger partial charge < -0.3 is 33.8 Å². The highest BCUT2D eigenvalue weighted by Crippen LogP contribution is 2.45. The molecule has 0 fully saturated rings. The Morgan fingerprint density at radius 1 is 0.333 bits per heavy atom. The maximum atomic E-state index is 12.9. The number of unbranched alkanes of at least 4 members (excludes halogenated alkanes) is 34. The van der Waals surface area contributed by atoms with E-state index in [9.17, 15) is 43.2 Å². The second kappa shape index (κ2) is 55.9. The fourth-order valence-corrected chi connectivity index (χ4v) is 10.8. The van der Waals surface area contributed by atoms with Gasteiger partial charge in [-0.25, -0.2) is 9.13 Å². The summed E-state index contributed by atoms with van der Waals surface area (Å²) < 4.78 is 67.8. The van der Waals surface area contributed by atoms with Gasteiger partial charge in [-0.15, -0.1) is 0 Å². The lowest BCUT2D eigenvalue weighted by Crippen LogP contribution is -2.30. The topological polar surface area (TPSA) is 237 Å². The minimum Gasteiger partial charge on any atom is -0.462 e. The van der Waals surface area contributed by atoms with Gasteiger partial charge >= 0.3 is 39.5 Å². The monoisotopic (exact) mass is 1200 g/mol. The predicted octanol–water partition coefficient (Wildman–Crippen LogP) is 17.0. The summed E-state index contributed by atoms with van der Waals surface area (Å²) in [5, 5.41) is 10.5. The molecular weight excluding hydrogens is 1080 g/mol. The van der Waals surface area contributed by atoms with Gasteiger partial charge in [-0.1, -0.05) is 259 Å². The first-order chi connectivity index (χ1) is 39.0. The van der Waals surface area contributed by atoms with Crippen molar-refractivity contribution in [1.29, 1.82) is 0 Å². The number of phosphoric ester groups is 2. The first-order valence-corrected chi connectivity index (χ1v) is 35.6. The van der Waals surface area contributed by atoms with E-state index in [-0.39, 0.29) is 25.7 Å². The zero-order valence-corrected chi connectivity index (χ0v) is 53.7. The summed E-state index contributed by atoms with van der Waals surface area (Å²) in [4.78, 5) is 72.0. The number of aliphatic hydroxyl groups excluding tert-OH is 1. The fraction of sp³-hybridized carbons (Fsp3) is 0.935. The summed E-state index contributed by atoms with van der Waals surface area (Å²) >= 11 is 0. The normalized spacial score (nSPS) is 14.3. The van der Waals surface area contributed by atoms with Crippen LogP contribution in [-0.2, 0) is 65.4 Å². The van der Waals surface area contributed by atoms with E-state index < -0.39 is 97.5 Å². The van der Waals surface area contributed by atoms with Crippen LogP contribution in [0.3, 0.4) is 0 Å². The Hall–Kier alpha value is -1.94. The molecule has 480 valence electrons. The van der Waals surface area contributed by atoms with Crippen LogP contribution in [0.1, 0.15) is 311 Å². The molecule has 0 radical (unpaired) electrons. The number of carbonyl (C=O) groups excluding carboxylic acids is 4. The molecule has 0 bridgehead atoms. The molecule has 0 amide bonds. The van der Waals surface area contributed by atoms with Crippen LogP contribution in [0, 0.1) is 5.92 Å². The summed E-state index contributed by atoms with van der Waals surface area (Å²) in [5.41, 5.74) is 0. The molecule has 0 aliphatic carbocycles. The van der Waals surface area contributed by atoms with Gasteiger partial charge in [-0.05, 0) is 31.6 Å². The third kappa shape index (κ3) is 56.9. The molecule has 0 rings (SSSR count). The zero-order valence-electron chi connectivity index (χ0n) is 51.9. The molecule has 0 aromatic carbocycles. The van der Waals surface area contributed by atoms with E-state index in [2.05, 4.69) is 34.6 Å².